The number of rotatable bonds is 5. The third-order valence-electron chi connectivity index (χ3n) is 4.34. The van der Waals surface area contributed by atoms with E-state index < -0.39 is 0 Å². The number of nitrogens with two attached hydrogens (primary N) is 1. The highest BCUT2D eigenvalue weighted by molar-refractivity contribution is 9.10. The first-order chi connectivity index (χ1) is 12.6. The Bertz CT molecular complexity index is 1040. The molecule has 0 aliphatic carbocycles. The molecule has 0 aliphatic rings. The fraction of sp³-hybridized carbons (Fsp3) is 0.211. The monoisotopic (exact) mass is 427 g/mol. The second-order valence-corrected chi connectivity index (χ2v) is 8.09. The zero-order chi connectivity index (χ0) is 18.1. The van der Waals surface area contributed by atoms with Crippen molar-refractivity contribution in [2.75, 3.05) is 0 Å². The molecule has 132 valence electrons. The van der Waals surface area contributed by atoms with Crippen molar-refractivity contribution in [3.63, 3.8) is 0 Å². The van der Waals surface area contributed by atoms with Crippen LogP contribution in [-0.4, -0.2) is 26.0 Å². The van der Waals surface area contributed by atoms with Gasteiger partial charge in [-0.1, -0.05) is 39.4 Å². The molecule has 7 heteroatoms. The molecule has 2 aromatic heterocycles. The maximum atomic E-state index is 6.40. The lowest BCUT2D eigenvalue weighted by Gasteiger charge is -2.13. The topological polar surface area (TPSA) is 69.6 Å². The Hall–Kier alpha value is -2.09. The summed E-state index contributed by atoms with van der Waals surface area (Å²) in [7, 11) is 0. The predicted octanol–water partition coefficient (Wildman–Crippen LogP) is 4.20. The first kappa shape index (κ1) is 17.3. The fourth-order valence-electron chi connectivity index (χ4n) is 3.16. The van der Waals surface area contributed by atoms with Crippen molar-refractivity contribution in [2.24, 2.45) is 5.73 Å². The largest absolute Gasteiger partial charge is 0.326 e. The number of halogens is 1. The molecule has 0 aliphatic heterocycles. The molecule has 26 heavy (non-hydrogen) atoms. The molecule has 0 saturated heterocycles. The molecule has 1 atom stereocenters. The molecule has 0 unspecified atom stereocenters. The Morgan fingerprint density at radius 1 is 1.23 bits per heavy atom. The van der Waals surface area contributed by atoms with E-state index in [-0.39, 0.29) is 6.04 Å². The second-order valence-electron chi connectivity index (χ2n) is 6.34. The van der Waals surface area contributed by atoms with E-state index in [1.54, 1.807) is 5.51 Å². The summed E-state index contributed by atoms with van der Waals surface area (Å²) in [5.41, 5.74) is 12.5. The molecule has 0 saturated carbocycles. The van der Waals surface area contributed by atoms with Gasteiger partial charge >= 0.3 is 0 Å². The maximum absolute atomic E-state index is 6.40. The summed E-state index contributed by atoms with van der Waals surface area (Å²) in [6.07, 6.45) is 0.808. The van der Waals surface area contributed by atoms with Crippen LogP contribution in [0.25, 0.3) is 21.5 Å². The summed E-state index contributed by atoms with van der Waals surface area (Å²) in [5.74, 6) is 0. The van der Waals surface area contributed by atoms with Gasteiger partial charge in [0.25, 0.3) is 0 Å². The van der Waals surface area contributed by atoms with Gasteiger partial charge in [0.1, 0.15) is 10.5 Å². The van der Waals surface area contributed by atoms with E-state index >= 15 is 0 Å². The lowest BCUT2D eigenvalue weighted by Crippen LogP contribution is -2.29. The molecular formula is C19H18BrN5S. The Balaban J connectivity index is 1.58. The highest BCUT2D eigenvalue weighted by atomic mass is 79.9. The van der Waals surface area contributed by atoms with Crippen molar-refractivity contribution in [1.29, 1.82) is 0 Å². The Morgan fingerprint density at radius 2 is 2.12 bits per heavy atom. The summed E-state index contributed by atoms with van der Waals surface area (Å²) < 4.78 is 3.09. The van der Waals surface area contributed by atoms with Crippen molar-refractivity contribution >= 4 is 38.2 Å². The van der Waals surface area contributed by atoms with Crippen LogP contribution in [0.4, 0.5) is 0 Å². The lowest BCUT2D eigenvalue weighted by molar-refractivity contribution is 0.518. The van der Waals surface area contributed by atoms with Gasteiger partial charge in [0.05, 0.1) is 17.8 Å². The van der Waals surface area contributed by atoms with Gasteiger partial charge in [-0.05, 0) is 49.2 Å². The van der Waals surface area contributed by atoms with E-state index in [9.17, 15) is 0 Å². The van der Waals surface area contributed by atoms with Gasteiger partial charge < -0.3 is 5.73 Å². The number of hydrogen-bond donors (Lipinski definition) is 1. The van der Waals surface area contributed by atoms with Crippen LogP contribution < -0.4 is 5.73 Å². The van der Waals surface area contributed by atoms with E-state index in [0.29, 0.717) is 6.54 Å². The zero-order valence-electron chi connectivity index (χ0n) is 14.3. The van der Waals surface area contributed by atoms with Crippen molar-refractivity contribution < 1.29 is 0 Å². The Labute approximate surface area is 164 Å². The normalized spacial score (nSPS) is 12.6. The van der Waals surface area contributed by atoms with Gasteiger partial charge in [-0.2, -0.15) is 5.10 Å². The lowest BCUT2D eigenvalue weighted by atomic mass is 10.1. The molecule has 2 heterocycles. The third-order valence-corrected chi connectivity index (χ3v) is 5.57. The molecule has 4 rings (SSSR count). The Kier molecular flexibility index (Phi) is 4.84. The van der Waals surface area contributed by atoms with Gasteiger partial charge in [0.2, 0.25) is 0 Å². The minimum atomic E-state index is -0.00496. The van der Waals surface area contributed by atoms with E-state index in [0.717, 1.165) is 38.1 Å². The van der Waals surface area contributed by atoms with E-state index in [1.165, 1.54) is 16.9 Å². The molecule has 0 radical (unpaired) electrons. The smallest absolute Gasteiger partial charge is 0.147 e. The zero-order valence-corrected chi connectivity index (χ0v) is 16.7. The second kappa shape index (κ2) is 7.26. The van der Waals surface area contributed by atoms with Gasteiger partial charge in [0.15, 0.2) is 0 Å². The molecule has 0 bridgehead atoms. The number of benzene rings is 2. The van der Waals surface area contributed by atoms with Crippen LogP contribution in [0.2, 0.25) is 0 Å². The van der Waals surface area contributed by atoms with Crippen LogP contribution in [-0.2, 0) is 13.0 Å². The van der Waals surface area contributed by atoms with Crippen molar-refractivity contribution in [3.05, 3.63) is 63.7 Å². The molecule has 0 spiro atoms. The summed E-state index contributed by atoms with van der Waals surface area (Å²) in [6.45, 7) is 2.71. The molecule has 2 aromatic carbocycles. The quantitative estimate of drug-likeness (QED) is 0.518. The van der Waals surface area contributed by atoms with Crippen molar-refractivity contribution in [1.82, 2.24) is 20.0 Å². The molecule has 0 fully saturated rings. The van der Waals surface area contributed by atoms with Crippen LogP contribution in [0.5, 0.6) is 0 Å². The average molecular weight is 428 g/mol. The number of fused-ring (bicyclic) bond motifs is 1. The number of hydrogen-bond acceptors (Lipinski definition) is 5. The van der Waals surface area contributed by atoms with Crippen LogP contribution in [0.3, 0.4) is 0 Å². The molecule has 5 nitrogen and oxygen atoms in total. The summed E-state index contributed by atoms with van der Waals surface area (Å²) in [6, 6.07) is 14.6. The van der Waals surface area contributed by atoms with Crippen LogP contribution >= 0.6 is 27.3 Å². The summed E-state index contributed by atoms with van der Waals surface area (Å²) in [4.78, 5) is 0. The van der Waals surface area contributed by atoms with Crippen molar-refractivity contribution in [2.45, 2.75) is 25.9 Å². The third kappa shape index (κ3) is 3.56. The minimum Gasteiger partial charge on any atom is -0.326 e. The molecule has 0 amide bonds. The van der Waals surface area contributed by atoms with E-state index in [4.69, 9.17) is 10.8 Å². The van der Waals surface area contributed by atoms with Crippen LogP contribution in [0.1, 0.15) is 11.3 Å². The summed E-state index contributed by atoms with van der Waals surface area (Å²) in [5, 5.41) is 14.8. The predicted molar refractivity (Wildman–Crippen MR) is 109 cm³/mol. The number of aryl methyl sites for hydroxylation is 1. The van der Waals surface area contributed by atoms with Gasteiger partial charge in [-0.15, -0.1) is 10.2 Å². The number of nitrogens with zero attached hydrogens (tertiary/aromatic N) is 4. The van der Waals surface area contributed by atoms with Gasteiger partial charge in [-0.3, -0.25) is 4.68 Å². The standard InChI is InChI=1S/C19H18BrN5S/c1-12-17-9-14(19-23-22-11-26-19)5-6-18(17)25(24-12)10-16(21)8-13-3-2-4-15(20)7-13/h2-7,9,11,16H,8,10,21H2,1H3/t16-/m0/s1. The highest BCUT2D eigenvalue weighted by Crippen LogP contribution is 2.27. The fourth-order valence-corrected chi connectivity index (χ4v) is 4.16. The molecule has 2 N–H and O–H groups in total. The maximum Gasteiger partial charge on any atom is 0.147 e. The molecule has 4 aromatic rings. The van der Waals surface area contributed by atoms with Gasteiger partial charge in [0, 0.05) is 21.5 Å². The van der Waals surface area contributed by atoms with E-state index in [2.05, 4.69) is 56.5 Å². The average Bonchev–Trinajstić information content (AvgIpc) is 3.24. The number of aromatic nitrogens is 4. The minimum absolute atomic E-state index is 0.00496. The van der Waals surface area contributed by atoms with Crippen LogP contribution in [0, 0.1) is 6.92 Å². The first-order valence-corrected chi connectivity index (χ1v) is 10.0. The van der Waals surface area contributed by atoms with Gasteiger partial charge in [-0.25, -0.2) is 0 Å². The van der Waals surface area contributed by atoms with E-state index in [1.807, 2.05) is 23.7 Å². The first-order valence-electron chi connectivity index (χ1n) is 8.34. The highest BCUT2D eigenvalue weighted by Gasteiger charge is 2.13. The Morgan fingerprint density at radius 3 is 2.88 bits per heavy atom. The summed E-state index contributed by atoms with van der Waals surface area (Å²) >= 11 is 5.05. The van der Waals surface area contributed by atoms with Crippen molar-refractivity contribution in [3.8, 4) is 10.6 Å². The molecular weight excluding hydrogens is 410 g/mol. The SMILES string of the molecule is Cc1nn(C[C@@H](N)Cc2cccc(Br)c2)c2ccc(-c3nncs3)cc12. The van der Waals surface area contributed by atoms with Crippen LogP contribution in [0.15, 0.2) is 52.4 Å².